The molecule has 0 fully saturated rings. The number of hydrogen-bond acceptors (Lipinski definition) is 5. The molecule has 0 heterocycles. The molecule has 0 aliphatic rings. The molecule has 0 radical (unpaired) electrons. The smallest absolute Gasteiger partial charge is 0.289 e. The Morgan fingerprint density at radius 1 is 0.759 bits per heavy atom. The van der Waals surface area contributed by atoms with Crippen LogP contribution in [0.3, 0.4) is 0 Å². The van der Waals surface area contributed by atoms with Gasteiger partial charge < -0.3 is 5.32 Å². The summed E-state index contributed by atoms with van der Waals surface area (Å²) in [6.07, 6.45) is 0. The average molecular weight is 442 g/mol. The molecule has 4 nitrogen and oxygen atoms in total. The highest BCUT2D eigenvalue weighted by Crippen LogP contribution is 2.73. The number of benzene rings is 1. The van der Waals surface area contributed by atoms with E-state index in [1.165, 1.54) is 16.7 Å². The highest BCUT2D eigenvalue weighted by Gasteiger charge is 2.49. The first-order chi connectivity index (χ1) is 13.1. The van der Waals surface area contributed by atoms with Crippen molar-refractivity contribution in [3.05, 3.63) is 34.9 Å². The van der Waals surface area contributed by atoms with Crippen molar-refractivity contribution in [2.45, 2.75) is 58.9 Å². The fraction of sp³-hybridized carbons (Fsp3) is 0.739. The third-order valence-electron chi connectivity index (χ3n) is 5.16. The number of nitrogens with zero attached hydrogens (tertiary/aromatic N) is 3. The Hall–Kier alpha value is -0.160. The van der Waals surface area contributed by atoms with Gasteiger partial charge in [0.2, 0.25) is 0 Å². The normalized spacial score (nSPS) is 13.8. The molecule has 0 saturated heterocycles. The van der Waals surface area contributed by atoms with Gasteiger partial charge in [-0.25, -0.2) is 0 Å². The number of nitrogens with one attached hydrogen (secondary N) is 1. The molecule has 0 atom stereocenters. The summed E-state index contributed by atoms with van der Waals surface area (Å²) >= 11 is 2.07. The molecule has 0 saturated carbocycles. The fourth-order valence-electron chi connectivity index (χ4n) is 3.55. The molecule has 0 aliphatic heterocycles. The first-order valence-electron chi connectivity index (χ1n) is 10.5. The van der Waals surface area contributed by atoms with Crippen molar-refractivity contribution in [2.75, 3.05) is 54.6 Å². The second-order valence-electron chi connectivity index (χ2n) is 10.5. The van der Waals surface area contributed by atoms with Gasteiger partial charge in [0, 0.05) is 61.1 Å². The molecule has 0 unspecified atom stereocenters. The minimum absolute atomic E-state index is 0.166. The molecule has 1 aromatic rings. The van der Waals surface area contributed by atoms with Crippen molar-refractivity contribution in [1.82, 2.24) is 19.3 Å². The maximum absolute atomic E-state index is 3.69. The Labute approximate surface area is 186 Å². The SMILES string of the molecule is CN(C)[P+](SCCNCc1cc(C(C)(C)C)cc(C(C)(C)C)c1)(N(C)C)N(C)C. The van der Waals surface area contributed by atoms with Crippen LogP contribution in [0.2, 0.25) is 0 Å². The van der Waals surface area contributed by atoms with Crippen molar-refractivity contribution in [3.63, 3.8) is 0 Å². The zero-order chi connectivity index (χ0) is 22.6. The third kappa shape index (κ3) is 7.19. The Bertz CT molecular complexity index is 591. The standard InChI is InChI=1S/C23H46N4PS/c1-22(2,3)20-15-19(16-21(17-20)23(4,5)6)18-24-13-14-29-28(25(7)8,26(9)10)27(11)12/h15-17,24H,13-14,18H2,1-12H3/q+1. The van der Waals surface area contributed by atoms with Crippen LogP contribution in [0.4, 0.5) is 0 Å². The molecule has 0 amide bonds. The lowest BCUT2D eigenvalue weighted by Crippen LogP contribution is -2.34. The monoisotopic (exact) mass is 441 g/mol. The van der Waals surface area contributed by atoms with Gasteiger partial charge >= 0.3 is 0 Å². The van der Waals surface area contributed by atoms with Crippen LogP contribution in [0.15, 0.2) is 18.2 Å². The van der Waals surface area contributed by atoms with Gasteiger partial charge in [-0.05, 0) is 27.5 Å². The van der Waals surface area contributed by atoms with Crippen LogP contribution in [-0.4, -0.2) is 68.6 Å². The van der Waals surface area contributed by atoms with E-state index in [9.17, 15) is 0 Å². The van der Waals surface area contributed by atoms with Gasteiger partial charge in [-0.3, -0.25) is 0 Å². The highest BCUT2D eigenvalue weighted by atomic mass is 32.7. The van der Waals surface area contributed by atoms with Crippen LogP contribution in [0.5, 0.6) is 0 Å². The van der Waals surface area contributed by atoms with Crippen LogP contribution in [0, 0.1) is 0 Å². The van der Waals surface area contributed by atoms with Gasteiger partial charge in [0.05, 0.1) is 11.4 Å². The molecule has 168 valence electrons. The zero-order valence-corrected chi connectivity index (χ0v) is 22.8. The van der Waals surface area contributed by atoms with Crippen LogP contribution in [0.25, 0.3) is 0 Å². The molecule has 1 N–H and O–H groups in total. The molecule has 6 heteroatoms. The fourth-order valence-corrected chi connectivity index (χ4v) is 9.96. The summed E-state index contributed by atoms with van der Waals surface area (Å²) in [6, 6.07) is 7.15. The van der Waals surface area contributed by atoms with E-state index < -0.39 is 6.92 Å². The Balaban J connectivity index is 2.82. The maximum atomic E-state index is 3.69. The van der Waals surface area contributed by atoms with Gasteiger partial charge in [0.25, 0.3) is 6.92 Å². The van der Waals surface area contributed by atoms with Gasteiger partial charge in [-0.15, -0.1) is 14.0 Å². The van der Waals surface area contributed by atoms with E-state index in [-0.39, 0.29) is 10.8 Å². The van der Waals surface area contributed by atoms with Gasteiger partial charge in [-0.1, -0.05) is 59.7 Å². The van der Waals surface area contributed by atoms with Crippen LogP contribution < -0.4 is 5.32 Å². The van der Waals surface area contributed by atoms with Crippen LogP contribution in [-0.2, 0) is 17.4 Å². The summed E-state index contributed by atoms with van der Waals surface area (Å²) in [7, 11) is 13.2. The molecule has 0 aliphatic carbocycles. The zero-order valence-electron chi connectivity index (χ0n) is 21.1. The number of rotatable bonds is 9. The van der Waals surface area contributed by atoms with Gasteiger partial charge in [-0.2, -0.15) is 0 Å². The van der Waals surface area contributed by atoms with Crippen LogP contribution in [0.1, 0.15) is 58.2 Å². The molecule has 0 aromatic heterocycles. The summed E-state index contributed by atoms with van der Waals surface area (Å²) < 4.78 is 7.17. The molecule has 29 heavy (non-hydrogen) atoms. The van der Waals surface area contributed by atoms with E-state index in [0.717, 1.165) is 18.8 Å². The largest absolute Gasteiger partial charge is 0.312 e. The lowest BCUT2D eigenvalue weighted by molar-refractivity contribution is 0.482. The van der Waals surface area contributed by atoms with Crippen LogP contribution >= 0.6 is 18.3 Å². The quantitative estimate of drug-likeness (QED) is 0.404. The van der Waals surface area contributed by atoms with Crippen molar-refractivity contribution in [2.24, 2.45) is 0 Å². The topological polar surface area (TPSA) is 21.8 Å². The Kier molecular flexibility index (Phi) is 9.67. The minimum Gasteiger partial charge on any atom is -0.312 e. The molecule has 0 bridgehead atoms. The lowest BCUT2D eigenvalue weighted by Gasteiger charge is -2.38. The van der Waals surface area contributed by atoms with E-state index in [2.05, 4.69) is 133 Å². The molecular formula is C23H46N4PS+. The van der Waals surface area contributed by atoms with Crippen molar-refractivity contribution in [1.29, 1.82) is 0 Å². The second kappa shape index (κ2) is 10.4. The molecule has 1 rings (SSSR count). The second-order valence-corrected chi connectivity index (χ2v) is 16.8. The Morgan fingerprint density at radius 2 is 1.17 bits per heavy atom. The highest BCUT2D eigenvalue weighted by molar-refractivity contribution is 8.60. The molecule has 1 aromatic carbocycles. The van der Waals surface area contributed by atoms with Crippen molar-refractivity contribution < 1.29 is 0 Å². The van der Waals surface area contributed by atoms with Crippen molar-refractivity contribution >= 4 is 18.3 Å². The Morgan fingerprint density at radius 3 is 1.52 bits per heavy atom. The van der Waals surface area contributed by atoms with Gasteiger partial charge in [0.1, 0.15) is 0 Å². The molecular weight excluding hydrogens is 395 g/mol. The first-order valence-corrected chi connectivity index (χ1v) is 13.8. The first kappa shape index (κ1) is 26.9. The van der Waals surface area contributed by atoms with Crippen molar-refractivity contribution in [3.8, 4) is 0 Å². The number of hydrogen-bond donors (Lipinski definition) is 1. The summed E-state index contributed by atoms with van der Waals surface area (Å²) in [4.78, 5) is 0. The van der Waals surface area contributed by atoms with E-state index >= 15 is 0 Å². The summed E-state index contributed by atoms with van der Waals surface area (Å²) in [5, 5.41) is 3.69. The van der Waals surface area contributed by atoms with Gasteiger partial charge in [0.15, 0.2) is 0 Å². The summed E-state index contributed by atoms with van der Waals surface area (Å²) in [6.45, 7) is 14.2. The van der Waals surface area contributed by atoms with E-state index in [0.29, 0.717) is 0 Å². The summed E-state index contributed by atoms with van der Waals surface area (Å²) in [5.74, 6) is 1.09. The third-order valence-corrected chi connectivity index (χ3v) is 13.5. The predicted octanol–water partition coefficient (Wildman–Crippen LogP) is 5.47. The minimum atomic E-state index is -1.51. The average Bonchev–Trinajstić information content (AvgIpc) is 2.55. The van der Waals surface area contributed by atoms with E-state index in [1.54, 1.807) is 0 Å². The lowest BCUT2D eigenvalue weighted by atomic mass is 9.79. The predicted molar refractivity (Wildman–Crippen MR) is 136 cm³/mol. The van der Waals surface area contributed by atoms with E-state index in [1.807, 2.05) is 0 Å². The molecule has 0 spiro atoms. The van der Waals surface area contributed by atoms with E-state index in [4.69, 9.17) is 0 Å². The summed E-state index contributed by atoms with van der Waals surface area (Å²) in [5.41, 5.74) is 4.57. The maximum Gasteiger partial charge on any atom is 0.289 e.